The molecule has 0 bridgehead atoms. The highest BCUT2D eigenvalue weighted by molar-refractivity contribution is 7.98. The Morgan fingerprint density at radius 1 is 1.35 bits per heavy atom. The highest BCUT2D eigenvalue weighted by Gasteiger charge is 2.35. The summed E-state index contributed by atoms with van der Waals surface area (Å²) in [5, 5.41) is 4.99. The van der Waals surface area contributed by atoms with E-state index in [1.54, 1.807) is 4.68 Å². The first-order valence-corrected chi connectivity index (χ1v) is 6.71. The minimum absolute atomic E-state index is 0.0189. The van der Waals surface area contributed by atoms with Gasteiger partial charge < -0.3 is 0 Å². The molecule has 17 heavy (non-hydrogen) atoms. The second-order valence-electron chi connectivity index (χ2n) is 4.03. The number of hydrogen-bond acceptors (Lipinski definition) is 3. The normalized spacial score (nSPS) is 22.7. The van der Waals surface area contributed by atoms with E-state index in [-0.39, 0.29) is 6.04 Å². The first-order chi connectivity index (χ1) is 8.29. The van der Waals surface area contributed by atoms with Crippen molar-refractivity contribution in [1.29, 1.82) is 0 Å². The van der Waals surface area contributed by atoms with Gasteiger partial charge in [0.05, 0.1) is 6.04 Å². The molecule has 0 fully saturated rings. The van der Waals surface area contributed by atoms with Gasteiger partial charge in [-0.25, -0.2) is 14.1 Å². The molecule has 2 atom stereocenters. The number of halogens is 1. The quantitative estimate of drug-likeness (QED) is 0.766. The van der Waals surface area contributed by atoms with Crippen LogP contribution in [0.2, 0.25) is 0 Å². The van der Waals surface area contributed by atoms with Crippen LogP contribution in [0.1, 0.15) is 30.0 Å². The largest absolute Gasteiger partial charge is 0.239 e. The maximum Gasteiger partial charge on any atom is 0.208 e. The average molecular weight is 249 g/mol. The van der Waals surface area contributed by atoms with Gasteiger partial charge in [-0.2, -0.15) is 0 Å². The van der Waals surface area contributed by atoms with Gasteiger partial charge in [-0.3, -0.25) is 0 Å². The number of aromatic nitrogens is 3. The van der Waals surface area contributed by atoms with E-state index in [0.717, 1.165) is 5.56 Å². The van der Waals surface area contributed by atoms with Crippen molar-refractivity contribution in [3.63, 3.8) is 0 Å². The van der Waals surface area contributed by atoms with Crippen molar-refractivity contribution < 1.29 is 4.39 Å². The summed E-state index contributed by atoms with van der Waals surface area (Å²) in [6.45, 7) is 0. The number of rotatable bonds is 2. The molecule has 3 rings (SSSR count). The fourth-order valence-electron chi connectivity index (χ4n) is 2.20. The number of thioether (sulfide) groups is 1. The molecular weight excluding hydrogens is 237 g/mol. The van der Waals surface area contributed by atoms with Crippen LogP contribution in [0.4, 0.5) is 4.39 Å². The van der Waals surface area contributed by atoms with E-state index in [9.17, 15) is 4.39 Å². The van der Waals surface area contributed by atoms with Gasteiger partial charge in [0.15, 0.2) is 12.0 Å². The fraction of sp³-hybridized carbons (Fsp3) is 0.333. The molecule has 1 aromatic heterocycles. The maximum absolute atomic E-state index is 13.9. The van der Waals surface area contributed by atoms with Crippen LogP contribution >= 0.6 is 11.8 Å². The van der Waals surface area contributed by atoms with Crippen LogP contribution in [0.25, 0.3) is 0 Å². The van der Waals surface area contributed by atoms with Gasteiger partial charge in [-0.15, -0.1) is 5.10 Å². The Bertz CT molecular complexity index is 526. The van der Waals surface area contributed by atoms with Crippen LogP contribution < -0.4 is 0 Å². The van der Waals surface area contributed by atoms with Crippen molar-refractivity contribution in [2.45, 2.75) is 23.8 Å². The second-order valence-corrected chi connectivity index (χ2v) is 4.80. The zero-order valence-electron chi connectivity index (χ0n) is 9.38. The number of fused-ring (bicyclic) bond motifs is 1. The summed E-state index contributed by atoms with van der Waals surface area (Å²) in [6.07, 6.45) is 1.33. The molecule has 0 unspecified atom stereocenters. The lowest BCUT2D eigenvalue weighted by Crippen LogP contribution is -2.07. The molecular formula is C12H12FN3S. The summed E-state index contributed by atoms with van der Waals surface area (Å²) in [7, 11) is 0. The predicted octanol–water partition coefficient (Wildman–Crippen LogP) is 3.00. The van der Waals surface area contributed by atoms with E-state index in [0.29, 0.717) is 17.4 Å². The Balaban J connectivity index is 2.03. The molecule has 0 N–H and O–H groups in total. The first kappa shape index (κ1) is 10.8. The zero-order valence-corrected chi connectivity index (χ0v) is 10.2. The highest BCUT2D eigenvalue weighted by Crippen LogP contribution is 2.39. The minimum atomic E-state index is -1.01. The average Bonchev–Trinajstić information content (AvgIpc) is 2.91. The minimum Gasteiger partial charge on any atom is -0.239 e. The second kappa shape index (κ2) is 4.14. The molecule has 1 aliphatic rings. The SMILES string of the molecule is CSc1nc2n(n1)[C@H](c1ccccc1)C[C@@H]2F. The third kappa shape index (κ3) is 1.74. The van der Waals surface area contributed by atoms with E-state index < -0.39 is 6.17 Å². The molecule has 0 saturated heterocycles. The lowest BCUT2D eigenvalue weighted by Gasteiger charge is -2.11. The summed E-state index contributed by atoms with van der Waals surface area (Å²) in [5.41, 5.74) is 1.09. The molecule has 0 aliphatic carbocycles. The van der Waals surface area contributed by atoms with Crippen molar-refractivity contribution in [2.75, 3.05) is 6.26 Å². The summed E-state index contributed by atoms with van der Waals surface area (Å²) in [5.74, 6) is 0.461. The molecule has 5 heteroatoms. The first-order valence-electron chi connectivity index (χ1n) is 5.49. The lowest BCUT2D eigenvalue weighted by molar-refractivity contribution is 0.327. The molecule has 2 aromatic rings. The number of hydrogen-bond donors (Lipinski definition) is 0. The van der Waals surface area contributed by atoms with Crippen LogP contribution in [0.5, 0.6) is 0 Å². The smallest absolute Gasteiger partial charge is 0.208 e. The molecule has 2 heterocycles. The summed E-state index contributed by atoms with van der Waals surface area (Å²) >= 11 is 1.44. The standard InChI is InChI=1S/C12H12FN3S/c1-17-12-14-11-9(13)7-10(16(11)15-12)8-5-3-2-4-6-8/h2-6,9-10H,7H2,1H3/t9-,10-/m0/s1. The van der Waals surface area contributed by atoms with E-state index in [4.69, 9.17) is 0 Å². The fourth-order valence-corrected chi connectivity index (χ4v) is 2.55. The van der Waals surface area contributed by atoms with Crippen molar-refractivity contribution in [1.82, 2.24) is 14.8 Å². The number of nitrogens with zero attached hydrogens (tertiary/aromatic N) is 3. The van der Waals surface area contributed by atoms with E-state index in [2.05, 4.69) is 10.1 Å². The van der Waals surface area contributed by atoms with Crippen LogP contribution in [0.3, 0.4) is 0 Å². The Labute approximate surface area is 103 Å². The van der Waals surface area contributed by atoms with Crippen LogP contribution in [0.15, 0.2) is 35.5 Å². The van der Waals surface area contributed by atoms with Crippen LogP contribution in [0, 0.1) is 0 Å². The van der Waals surface area contributed by atoms with Gasteiger partial charge in [-0.1, -0.05) is 42.1 Å². The third-order valence-corrected chi connectivity index (χ3v) is 3.55. The lowest BCUT2D eigenvalue weighted by atomic mass is 10.0. The van der Waals surface area contributed by atoms with Gasteiger partial charge in [0.25, 0.3) is 0 Å². The number of alkyl halides is 1. The topological polar surface area (TPSA) is 30.7 Å². The highest BCUT2D eigenvalue weighted by atomic mass is 32.2. The van der Waals surface area contributed by atoms with Crippen LogP contribution in [-0.2, 0) is 0 Å². The Hall–Kier alpha value is -1.36. The molecule has 0 saturated carbocycles. The Kier molecular flexibility index (Phi) is 2.63. The Morgan fingerprint density at radius 2 is 2.12 bits per heavy atom. The molecule has 0 amide bonds. The maximum atomic E-state index is 13.9. The van der Waals surface area contributed by atoms with Gasteiger partial charge in [0, 0.05) is 6.42 Å². The van der Waals surface area contributed by atoms with Crippen LogP contribution in [-0.4, -0.2) is 21.0 Å². The van der Waals surface area contributed by atoms with Crippen molar-refractivity contribution in [3.8, 4) is 0 Å². The van der Waals surface area contributed by atoms with Gasteiger partial charge in [-0.05, 0) is 11.8 Å². The molecule has 1 aliphatic heterocycles. The predicted molar refractivity (Wildman–Crippen MR) is 64.9 cm³/mol. The van der Waals surface area contributed by atoms with Crippen molar-refractivity contribution in [3.05, 3.63) is 41.7 Å². The summed E-state index contributed by atoms with van der Waals surface area (Å²) in [4.78, 5) is 4.21. The Morgan fingerprint density at radius 3 is 2.82 bits per heavy atom. The molecule has 3 nitrogen and oxygen atoms in total. The monoisotopic (exact) mass is 249 g/mol. The molecule has 1 aromatic carbocycles. The zero-order chi connectivity index (χ0) is 11.8. The molecule has 0 radical (unpaired) electrons. The summed E-state index contributed by atoms with van der Waals surface area (Å²) in [6, 6.07) is 9.88. The van der Waals surface area contributed by atoms with Gasteiger partial charge in [0.1, 0.15) is 0 Å². The van der Waals surface area contributed by atoms with E-state index in [1.165, 1.54) is 11.8 Å². The molecule has 0 spiro atoms. The van der Waals surface area contributed by atoms with Gasteiger partial charge >= 0.3 is 0 Å². The van der Waals surface area contributed by atoms with E-state index >= 15 is 0 Å². The summed E-state index contributed by atoms with van der Waals surface area (Å²) < 4.78 is 15.6. The molecule has 88 valence electrons. The van der Waals surface area contributed by atoms with E-state index in [1.807, 2.05) is 36.6 Å². The number of benzene rings is 1. The van der Waals surface area contributed by atoms with Crippen molar-refractivity contribution in [2.24, 2.45) is 0 Å². The van der Waals surface area contributed by atoms with Gasteiger partial charge in [0.2, 0.25) is 5.16 Å². The van der Waals surface area contributed by atoms with Crippen molar-refractivity contribution >= 4 is 11.8 Å². The third-order valence-electron chi connectivity index (χ3n) is 3.01.